The summed E-state index contributed by atoms with van der Waals surface area (Å²) in [6.07, 6.45) is 4.67. The molecule has 5 heteroatoms. The van der Waals surface area contributed by atoms with Crippen LogP contribution in [0, 0.1) is 11.8 Å². The molecule has 1 saturated carbocycles. The minimum atomic E-state index is -0.117. The number of hydrogen-bond acceptors (Lipinski definition) is 4. The van der Waals surface area contributed by atoms with Gasteiger partial charge in [0.15, 0.2) is 0 Å². The molecule has 0 amide bonds. The van der Waals surface area contributed by atoms with Crippen LogP contribution in [0.4, 0.5) is 5.82 Å². The van der Waals surface area contributed by atoms with Crippen molar-refractivity contribution in [3.05, 3.63) is 22.2 Å². The van der Waals surface area contributed by atoms with Crippen molar-refractivity contribution in [3.63, 3.8) is 0 Å². The van der Waals surface area contributed by atoms with Crippen molar-refractivity contribution < 1.29 is 5.11 Å². The Kier molecular flexibility index (Phi) is 5.17. The second kappa shape index (κ2) is 6.88. The summed E-state index contributed by atoms with van der Waals surface area (Å²) in [5.74, 6) is 2.39. The first-order valence-electron chi connectivity index (χ1n) is 7.56. The van der Waals surface area contributed by atoms with Crippen LogP contribution in [0.15, 0.2) is 10.9 Å². The molecule has 2 atom stereocenters. The molecule has 2 rings (SSSR count). The van der Waals surface area contributed by atoms with Gasteiger partial charge in [0.25, 0.3) is 5.56 Å². The minimum Gasteiger partial charge on any atom is -0.396 e. The van der Waals surface area contributed by atoms with E-state index in [2.05, 4.69) is 15.3 Å². The average Bonchev–Trinajstić information content (AvgIpc) is 2.44. The van der Waals surface area contributed by atoms with Crippen LogP contribution >= 0.6 is 0 Å². The molecule has 1 aromatic heterocycles. The van der Waals surface area contributed by atoms with Crippen LogP contribution in [0.1, 0.15) is 51.3 Å². The molecule has 0 spiro atoms. The second-order valence-corrected chi connectivity index (χ2v) is 6.04. The van der Waals surface area contributed by atoms with E-state index in [4.69, 9.17) is 0 Å². The van der Waals surface area contributed by atoms with Gasteiger partial charge in [-0.25, -0.2) is 4.98 Å². The zero-order valence-electron chi connectivity index (χ0n) is 12.4. The molecule has 1 aromatic rings. The molecular weight excluding hydrogens is 254 g/mol. The van der Waals surface area contributed by atoms with Gasteiger partial charge in [-0.3, -0.25) is 4.79 Å². The number of nitrogens with one attached hydrogen (secondary N) is 2. The summed E-state index contributed by atoms with van der Waals surface area (Å²) in [7, 11) is 0. The van der Waals surface area contributed by atoms with Crippen LogP contribution in [-0.4, -0.2) is 28.2 Å². The Hall–Kier alpha value is -1.36. The fourth-order valence-electron chi connectivity index (χ4n) is 2.87. The lowest BCUT2D eigenvalue weighted by Gasteiger charge is -2.30. The highest BCUT2D eigenvalue weighted by molar-refractivity contribution is 5.33. The van der Waals surface area contributed by atoms with E-state index in [0.29, 0.717) is 23.5 Å². The van der Waals surface area contributed by atoms with E-state index in [1.54, 1.807) is 0 Å². The van der Waals surface area contributed by atoms with E-state index in [0.717, 1.165) is 19.4 Å². The number of nitrogens with zero attached hydrogens (tertiary/aromatic N) is 1. The summed E-state index contributed by atoms with van der Waals surface area (Å²) >= 11 is 0. The first-order chi connectivity index (χ1) is 9.60. The number of aliphatic hydroxyl groups excluding tert-OH is 1. The van der Waals surface area contributed by atoms with E-state index >= 15 is 0 Å². The average molecular weight is 279 g/mol. The Morgan fingerprint density at radius 1 is 1.40 bits per heavy atom. The maximum atomic E-state index is 11.6. The SMILES string of the molecule is CC(C)c1nc(NCC2CCCCC2CO)cc(=O)[nH]1. The zero-order chi connectivity index (χ0) is 14.5. The summed E-state index contributed by atoms with van der Waals surface area (Å²) < 4.78 is 0. The lowest BCUT2D eigenvalue weighted by Crippen LogP contribution is -2.29. The van der Waals surface area contributed by atoms with Gasteiger partial charge < -0.3 is 15.4 Å². The normalized spacial score (nSPS) is 23.0. The summed E-state index contributed by atoms with van der Waals surface area (Å²) in [4.78, 5) is 18.8. The van der Waals surface area contributed by atoms with Gasteiger partial charge in [-0.05, 0) is 24.7 Å². The van der Waals surface area contributed by atoms with Crippen molar-refractivity contribution in [2.75, 3.05) is 18.5 Å². The Morgan fingerprint density at radius 3 is 2.75 bits per heavy atom. The number of aromatic nitrogens is 2. The van der Waals surface area contributed by atoms with Gasteiger partial charge in [0.2, 0.25) is 0 Å². The fraction of sp³-hybridized carbons (Fsp3) is 0.733. The van der Waals surface area contributed by atoms with Crippen molar-refractivity contribution in [3.8, 4) is 0 Å². The topological polar surface area (TPSA) is 78.0 Å². The summed E-state index contributed by atoms with van der Waals surface area (Å²) in [6.45, 7) is 5.04. The van der Waals surface area contributed by atoms with Crippen molar-refractivity contribution in [1.29, 1.82) is 0 Å². The third-order valence-electron chi connectivity index (χ3n) is 4.15. The lowest BCUT2D eigenvalue weighted by atomic mass is 9.79. The Bertz CT molecular complexity index is 484. The van der Waals surface area contributed by atoms with E-state index < -0.39 is 0 Å². The minimum absolute atomic E-state index is 0.117. The molecule has 1 heterocycles. The molecule has 112 valence electrons. The Morgan fingerprint density at radius 2 is 2.10 bits per heavy atom. The standard InChI is InChI=1S/C15H25N3O2/c1-10(2)15-17-13(7-14(20)18-15)16-8-11-5-3-4-6-12(11)9-19/h7,10-12,19H,3-6,8-9H2,1-2H3,(H2,16,17,18,20). The maximum absolute atomic E-state index is 11.6. The first-order valence-corrected chi connectivity index (χ1v) is 7.56. The Balaban J connectivity index is 2.01. The molecule has 0 saturated heterocycles. The molecule has 1 aliphatic rings. The van der Waals surface area contributed by atoms with Crippen LogP contribution in [0.25, 0.3) is 0 Å². The summed E-state index contributed by atoms with van der Waals surface area (Å²) in [6, 6.07) is 1.50. The summed E-state index contributed by atoms with van der Waals surface area (Å²) in [5, 5.41) is 12.7. The second-order valence-electron chi connectivity index (χ2n) is 6.04. The third-order valence-corrected chi connectivity index (χ3v) is 4.15. The number of aromatic amines is 1. The predicted molar refractivity (Wildman–Crippen MR) is 80.0 cm³/mol. The van der Waals surface area contributed by atoms with Crippen molar-refractivity contribution in [2.24, 2.45) is 11.8 Å². The van der Waals surface area contributed by atoms with Crippen LogP contribution in [0.5, 0.6) is 0 Å². The quantitative estimate of drug-likeness (QED) is 0.771. The van der Waals surface area contributed by atoms with E-state index in [9.17, 15) is 9.90 Å². The fourth-order valence-corrected chi connectivity index (χ4v) is 2.87. The number of hydrogen-bond donors (Lipinski definition) is 3. The molecule has 5 nitrogen and oxygen atoms in total. The van der Waals surface area contributed by atoms with Crippen LogP contribution in [0.2, 0.25) is 0 Å². The number of anilines is 1. The molecule has 3 N–H and O–H groups in total. The highest BCUT2D eigenvalue weighted by atomic mass is 16.3. The third kappa shape index (κ3) is 3.82. The molecule has 1 aliphatic carbocycles. The van der Waals surface area contributed by atoms with Gasteiger partial charge in [0.1, 0.15) is 11.6 Å². The zero-order valence-corrected chi connectivity index (χ0v) is 12.4. The number of rotatable bonds is 5. The molecular formula is C15H25N3O2. The van der Waals surface area contributed by atoms with E-state index in [1.807, 2.05) is 13.8 Å². The molecule has 20 heavy (non-hydrogen) atoms. The molecule has 0 bridgehead atoms. The monoisotopic (exact) mass is 279 g/mol. The highest BCUT2D eigenvalue weighted by Crippen LogP contribution is 2.29. The molecule has 0 radical (unpaired) electrons. The van der Waals surface area contributed by atoms with Crippen LogP contribution in [0.3, 0.4) is 0 Å². The lowest BCUT2D eigenvalue weighted by molar-refractivity contribution is 0.141. The van der Waals surface area contributed by atoms with Crippen LogP contribution in [-0.2, 0) is 0 Å². The highest BCUT2D eigenvalue weighted by Gasteiger charge is 2.24. The molecule has 2 unspecified atom stereocenters. The predicted octanol–water partition coefficient (Wildman–Crippen LogP) is 2.10. The molecule has 0 aromatic carbocycles. The number of aliphatic hydroxyl groups is 1. The van der Waals surface area contributed by atoms with Crippen LogP contribution < -0.4 is 10.9 Å². The molecule has 0 aliphatic heterocycles. The summed E-state index contributed by atoms with van der Waals surface area (Å²) in [5.41, 5.74) is -0.117. The Labute approximate surface area is 119 Å². The van der Waals surface area contributed by atoms with E-state index in [-0.39, 0.29) is 18.1 Å². The van der Waals surface area contributed by atoms with Crippen molar-refractivity contribution in [1.82, 2.24) is 9.97 Å². The largest absolute Gasteiger partial charge is 0.396 e. The molecule has 1 fully saturated rings. The van der Waals surface area contributed by atoms with Gasteiger partial charge >= 0.3 is 0 Å². The van der Waals surface area contributed by atoms with Gasteiger partial charge in [-0.1, -0.05) is 26.7 Å². The van der Waals surface area contributed by atoms with Crippen molar-refractivity contribution >= 4 is 5.82 Å². The van der Waals surface area contributed by atoms with Gasteiger partial charge in [0, 0.05) is 25.1 Å². The smallest absolute Gasteiger partial charge is 0.252 e. The van der Waals surface area contributed by atoms with E-state index in [1.165, 1.54) is 18.9 Å². The van der Waals surface area contributed by atoms with Gasteiger partial charge in [0.05, 0.1) is 0 Å². The van der Waals surface area contributed by atoms with Gasteiger partial charge in [-0.15, -0.1) is 0 Å². The van der Waals surface area contributed by atoms with Crippen molar-refractivity contribution in [2.45, 2.75) is 45.4 Å². The van der Waals surface area contributed by atoms with Gasteiger partial charge in [-0.2, -0.15) is 0 Å². The number of H-pyrrole nitrogens is 1. The first kappa shape index (κ1) is 15.0. The maximum Gasteiger partial charge on any atom is 0.252 e.